The molecule has 0 aromatic heterocycles. The van der Waals surface area contributed by atoms with Gasteiger partial charge in [-0.25, -0.2) is 4.79 Å². The first kappa shape index (κ1) is 27.5. The van der Waals surface area contributed by atoms with Crippen molar-refractivity contribution in [3.8, 4) is 0 Å². The van der Waals surface area contributed by atoms with Gasteiger partial charge in [0.1, 0.15) is 0 Å². The van der Waals surface area contributed by atoms with Gasteiger partial charge >= 0.3 is 6.03 Å². The lowest BCUT2D eigenvalue weighted by Crippen LogP contribution is -2.35. The van der Waals surface area contributed by atoms with Crippen LogP contribution in [0.4, 0.5) is 4.79 Å². The molecule has 0 bridgehead atoms. The van der Waals surface area contributed by atoms with Gasteiger partial charge in [0.05, 0.1) is 0 Å². The summed E-state index contributed by atoms with van der Waals surface area (Å²) in [5.41, 5.74) is 7.83. The molecule has 0 saturated heterocycles. The van der Waals surface area contributed by atoms with Crippen LogP contribution in [0.5, 0.6) is 0 Å². The molecule has 1 aromatic rings. The standard InChI is InChI=1S/C27H49N3O/c1-2-3-4-5-6-7-8-9-10-11-12-13-14-15-16-17-21-29-27(31)30-24-26-20-18-19-25(22-26)23-28/h18-20,22H,2-17,21,23-24,28H2,1H3,(H2,29,30,31). The van der Waals surface area contributed by atoms with E-state index in [1.54, 1.807) is 0 Å². The van der Waals surface area contributed by atoms with E-state index in [9.17, 15) is 4.79 Å². The van der Waals surface area contributed by atoms with Crippen LogP contribution in [0.3, 0.4) is 0 Å². The van der Waals surface area contributed by atoms with Crippen LogP contribution in [0.1, 0.15) is 121 Å². The molecule has 0 fully saturated rings. The van der Waals surface area contributed by atoms with Crippen molar-refractivity contribution in [2.24, 2.45) is 5.73 Å². The number of hydrogen-bond acceptors (Lipinski definition) is 2. The molecular formula is C27H49N3O. The molecule has 0 radical (unpaired) electrons. The zero-order valence-electron chi connectivity index (χ0n) is 20.2. The maximum absolute atomic E-state index is 11.9. The number of benzene rings is 1. The number of carbonyl (C=O) groups is 1. The van der Waals surface area contributed by atoms with Crippen molar-refractivity contribution in [2.75, 3.05) is 6.54 Å². The van der Waals surface area contributed by atoms with E-state index in [0.717, 1.165) is 24.1 Å². The predicted octanol–water partition coefficient (Wildman–Crippen LogP) is 7.21. The number of nitrogens with one attached hydrogen (secondary N) is 2. The van der Waals surface area contributed by atoms with Gasteiger partial charge in [0.25, 0.3) is 0 Å². The number of unbranched alkanes of at least 4 members (excludes halogenated alkanes) is 15. The summed E-state index contributed by atoms with van der Waals surface area (Å²) < 4.78 is 0. The van der Waals surface area contributed by atoms with Crippen LogP contribution in [0.25, 0.3) is 0 Å². The van der Waals surface area contributed by atoms with Gasteiger partial charge in [0.15, 0.2) is 0 Å². The molecule has 0 unspecified atom stereocenters. The lowest BCUT2D eigenvalue weighted by molar-refractivity contribution is 0.240. The molecule has 0 atom stereocenters. The molecule has 2 amide bonds. The third kappa shape index (κ3) is 16.8. The van der Waals surface area contributed by atoms with Gasteiger partial charge in [0, 0.05) is 19.6 Å². The number of nitrogens with two attached hydrogens (primary N) is 1. The fourth-order valence-corrected chi connectivity index (χ4v) is 3.99. The number of urea groups is 1. The number of carbonyl (C=O) groups excluding carboxylic acids is 1. The second-order valence-electron chi connectivity index (χ2n) is 8.94. The SMILES string of the molecule is CCCCCCCCCCCCCCCCCCNC(=O)NCc1cccc(CN)c1. The molecule has 1 rings (SSSR count). The topological polar surface area (TPSA) is 67.2 Å². The molecule has 4 nitrogen and oxygen atoms in total. The maximum atomic E-state index is 11.9. The lowest BCUT2D eigenvalue weighted by atomic mass is 10.0. The first-order valence-corrected chi connectivity index (χ1v) is 13.1. The molecular weight excluding hydrogens is 382 g/mol. The monoisotopic (exact) mass is 431 g/mol. The first-order chi connectivity index (χ1) is 15.3. The van der Waals surface area contributed by atoms with Gasteiger partial charge in [-0.05, 0) is 17.5 Å². The van der Waals surface area contributed by atoms with Crippen LogP contribution in [0.15, 0.2) is 24.3 Å². The Morgan fingerprint density at radius 1 is 0.710 bits per heavy atom. The van der Waals surface area contributed by atoms with Crippen molar-refractivity contribution in [2.45, 2.75) is 123 Å². The first-order valence-electron chi connectivity index (χ1n) is 13.1. The van der Waals surface area contributed by atoms with Gasteiger partial charge < -0.3 is 16.4 Å². The van der Waals surface area contributed by atoms with Crippen molar-refractivity contribution in [3.05, 3.63) is 35.4 Å². The molecule has 0 aliphatic carbocycles. The number of amides is 2. The second kappa shape index (κ2) is 20.4. The van der Waals surface area contributed by atoms with Crippen molar-refractivity contribution >= 4 is 6.03 Å². The molecule has 4 heteroatoms. The van der Waals surface area contributed by atoms with Gasteiger partial charge in [-0.1, -0.05) is 128 Å². The van der Waals surface area contributed by atoms with Gasteiger partial charge in [-0.3, -0.25) is 0 Å². The minimum absolute atomic E-state index is 0.0842. The number of hydrogen-bond donors (Lipinski definition) is 3. The highest BCUT2D eigenvalue weighted by molar-refractivity contribution is 5.73. The van der Waals surface area contributed by atoms with Crippen LogP contribution in [0, 0.1) is 0 Å². The van der Waals surface area contributed by atoms with Gasteiger partial charge in [-0.2, -0.15) is 0 Å². The molecule has 0 aliphatic rings. The van der Waals surface area contributed by atoms with E-state index >= 15 is 0 Å². The Labute approximate surface area is 192 Å². The normalized spacial score (nSPS) is 10.9. The lowest BCUT2D eigenvalue weighted by Gasteiger charge is -2.08. The molecule has 1 aromatic carbocycles. The highest BCUT2D eigenvalue weighted by atomic mass is 16.2. The van der Waals surface area contributed by atoms with Crippen LogP contribution in [-0.4, -0.2) is 12.6 Å². The zero-order chi connectivity index (χ0) is 22.4. The zero-order valence-corrected chi connectivity index (χ0v) is 20.2. The van der Waals surface area contributed by atoms with E-state index in [-0.39, 0.29) is 6.03 Å². The Morgan fingerprint density at radius 3 is 1.71 bits per heavy atom. The maximum Gasteiger partial charge on any atom is 0.315 e. The van der Waals surface area contributed by atoms with Crippen LogP contribution < -0.4 is 16.4 Å². The van der Waals surface area contributed by atoms with Crippen LogP contribution >= 0.6 is 0 Å². The Morgan fingerprint density at radius 2 is 1.19 bits per heavy atom. The van der Waals surface area contributed by atoms with E-state index in [4.69, 9.17) is 5.73 Å². The molecule has 0 aliphatic heterocycles. The molecule has 178 valence electrons. The quantitative estimate of drug-likeness (QED) is 0.191. The van der Waals surface area contributed by atoms with E-state index in [0.29, 0.717) is 13.1 Å². The Hall–Kier alpha value is -1.55. The molecule has 31 heavy (non-hydrogen) atoms. The summed E-state index contributed by atoms with van der Waals surface area (Å²) in [6.07, 6.45) is 21.9. The number of rotatable bonds is 20. The summed E-state index contributed by atoms with van der Waals surface area (Å²) >= 11 is 0. The molecule has 0 spiro atoms. The Balaban J connectivity index is 1.80. The molecule has 0 heterocycles. The Kier molecular flexibility index (Phi) is 18.0. The summed E-state index contributed by atoms with van der Waals surface area (Å²) in [7, 11) is 0. The summed E-state index contributed by atoms with van der Waals surface area (Å²) in [5, 5.41) is 5.87. The van der Waals surface area contributed by atoms with E-state index in [2.05, 4.69) is 17.6 Å². The Bertz CT molecular complexity index is 547. The summed E-state index contributed by atoms with van der Waals surface area (Å²) in [6, 6.07) is 7.94. The smallest absolute Gasteiger partial charge is 0.315 e. The molecule has 4 N–H and O–H groups in total. The van der Waals surface area contributed by atoms with Crippen molar-refractivity contribution in [3.63, 3.8) is 0 Å². The minimum atomic E-state index is -0.0842. The summed E-state index contributed by atoms with van der Waals surface area (Å²) in [5.74, 6) is 0. The van der Waals surface area contributed by atoms with Gasteiger partial charge in [0.2, 0.25) is 0 Å². The third-order valence-corrected chi connectivity index (χ3v) is 6.00. The van der Waals surface area contributed by atoms with Crippen molar-refractivity contribution in [1.82, 2.24) is 10.6 Å². The summed E-state index contributed by atoms with van der Waals surface area (Å²) in [4.78, 5) is 11.9. The second-order valence-corrected chi connectivity index (χ2v) is 8.94. The highest BCUT2D eigenvalue weighted by Gasteiger charge is 2.01. The van der Waals surface area contributed by atoms with Crippen LogP contribution in [0.2, 0.25) is 0 Å². The van der Waals surface area contributed by atoms with Crippen molar-refractivity contribution in [1.29, 1.82) is 0 Å². The average molecular weight is 432 g/mol. The highest BCUT2D eigenvalue weighted by Crippen LogP contribution is 2.13. The van der Waals surface area contributed by atoms with Crippen molar-refractivity contribution < 1.29 is 4.79 Å². The predicted molar refractivity (Wildman–Crippen MR) is 134 cm³/mol. The third-order valence-electron chi connectivity index (χ3n) is 6.00. The van der Waals surface area contributed by atoms with Crippen LogP contribution in [-0.2, 0) is 13.1 Å². The minimum Gasteiger partial charge on any atom is -0.338 e. The van der Waals surface area contributed by atoms with E-state index < -0.39 is 0 Å². The van der Waals surface area contributed by atoms with Gasteiger partial charge in [-0.15, -0.1) is 0 Å². The summed E-state index contributed by atoms with van der Waals surface area (Å²) in [6.45, 7) is 4.11. The van der Waals surface area contributed by atoms with E-state index in [1.807, 2.05) is 24.3 Å². The van der Waals surface area contributed by atoms with E-state index in [1.165, 1.54) is 96.3 Å². The average Bonchev–Trinajstić information content (AvgIpc) is 2.80. The fourth-order valence-electron chi connectivity index (χ4n) is 3.99. The largest absolute Gasteiger partial charge is 0.338 e. The molecule has 0 saturated carbocycles. The fraction of sp³-hybridized carbons (Fsp3) is 0.741.